The molecule has 3 heterocycles. The third kappa shape index (κ3) is 2.95. The molecule has 2 amide bonds. The number of carbonyl (C=O) groups excluding carboxylic acids is 1. The summed E-state index contributed by atoms with van der Waals surface area (Å²) in [5, 5.41) is 8.18. The van der Waals surface area contributed by atoms with Gasteiger partial charge in [-0.3, -0.25) is 0 Å². The number of rotatable bonds is 1. The van der Waals surface area contributed by atoms with Crippen LogP contribution in [0.15, 0.2) is 22.6 Å². The third-order valence-corrected chi connectivity index (χ3v) is 7.65. The predicted molar refractivity (Wildman–Crippen MR) is 111 cm³/mol. The third-order valence-electron chi connectivity index (χ3n) is 7.65. The van der Waals surface area contributed by atoms with E-state index in [1.165, 1.54) is 17.5 Å². The topological polar surface area (TPSA) is 62.5 Å². The fourth-order valence-electron chi connectivity index (χ4n) is 5.67. The number of hydrogen-bond donors (Lipinski definition) is 0. The lowest BCUT2D eigenvalue weighted by atomic mass is 9.59. The Labute approximate surface area is 172 Å². The smallest absolute Gasteiger partial charge is 0.320 e. The molecule has 3 aliphatic rings. The van der Waals surface area contributed by atoms with Crippen molar-refractivity contribution in [3.05, 3.63) is 35.2 Å². The Bertz CT molecular complexity index is 933. The maximum atomic E-state index is 13.3. The van der Waals surface area contributed by atoms with Crippen LogP contribution in [0.5, 0.6) is 0 Å². The zero-order chi connectivity index (χ0) is 20.2. The Balaban J connectivity index is 1.47. The Hall–Kier alpha value is -2.37. The van der Waals surface area contributed by atoms with Gasteiger partial charge < -0.3 is 14.2 Å². The zero-order valence-corrected chi connectivity index (χ0v) is 17.6. The van der Waals surface area contributed by atoms with Crippen molar-refractivity contribution in [2.45, 2.75) is 64.3 Å². The number of aryl methyl sites for hydroxylation is 1. The van der Waals surface area contributed by atoms with E-state index < -0.39 is 0 Å². The number of hydrogen-bond acceptors (Lipinski definition) is 4. The van der Waals surface area contributed by atoms with E-state index in [2.05, 4.69) is 52.0 Å². The fraction of sp³-hybridized carbons (Fsp3) is 0.609. The molecule has 29 heavy (non-hydrogen) atoms. The van der Waals surface area contributed by atoms with Crippen LogP contribution in [0.2, 0.25) is 0 Å². The molecule has 0 spiro atoms. The van der Waals surface area contributed by atoms with Gasteiger partial charge in [-0.15, -0.1) is 10.2 Å². The quantitative estimate of drug-likeness (QED) is 0.728. The molecule has 0 radical (unpaired) electrons. The van der Waals surface area contributed by atoms with E-state index >= 15 is 0 Å². The molecule has 2 aromatic rings. The molecule has 154 valence electrons. The van der Waals surface area contributed by atoms with E-state index in [1.54, 1.807) is 0 Å². The number of amides is 2. The minimum atomic E-state index is 0.0575. The van der Waals surface area contributed by atoms with Crippen molar-refractivity contribution in [2.24, 2.45) is 5.92 Å². The number of aromatic nitrogens is 2. The summed E-state index contributed by atoms with van der Waals surface area (Å²) in [6, 6.07) is 7.06. The van der Waals surface area contributed by atoms with Crippen molar-refractivity contribution in [1.29, 1.82) is 0 Å². The first-order valence-electron chi connectivity index (χ1n) is 11.0. The van der Waals surface area contributed by atoms with E-state index in [-0.39, 0.29) is 17.5 Å². The number of carbonyl (C=O) groups is 1. The van der Waals surface area contributed by atoms with Gasteiger partial charge in [0.15, 0.2) is 0 Å². The summed E-state index contributed by atoms with van der Waals surface area (Å²) < 4.78 is 5.66. The van der Waals surface area contributed by atoms with Crippen molar-refractivity contribution in [3.63, 3.8) is 0 Å². The van der Waals surface area contributed by atoms with Crippen LogP contribution in [-0.4, -0.2) is 51.7 Å². The van der Waals surface area contributed by atoms with Gasteiger partial charge in [0.2, 0.25) is 11.8 Å². The van der Waals surface area contributed by atoms with E-state index in [0.717, 1.165) is 50.9 Å². The lowest BCUT2D eigenvalue weighted by Gasteiger charge is -2.55. The minimum Gasteiger partial charge on any atom is -0.421 e. The van der Waals surface area contributed by atoms with Gasteiger partial charge in [0.05, 0.1) is 0 Å². The molecular formula is C23H30N4O2. The molecule has 2 bridgehead atoms. The Morgan fingerprint density at radius 2 is 1.97 bits per heavy atom. The van der Waals surface area contributed by atoms with Gasteiger partial charge in [-0.1, -0.05) is 19.9 Å². The standard InChI is InChI=1S/C23H30N4O2/c1-15-20-14-17-7-8-18(21-25-24-16(2)29-21)13-19(17)23(15,3)9-12-27(20)22(28)26-10-5-4-6-11-26/h7-8,13,15,20H,4-6,9-12,14H2,1-3H3/t15-,20-,23-/m1/s1. The maximum absolute atomic E-state index is 13.3. The number of piperidine rings is 2. The van der Waals surface area contributed by atoms with Gasteiger partial charge in [0, 0.05) is 38.2 Å². The number of benzene rings is 1. The summed E-state index contributed by atoms with van der Waals surface area (Å²) in [5.74, 6) is 1.58. The summed E-state index contributed by atoms with van der Waals surface area (Å²) in [6.07, 6.45) is 5.44. The highest BCUT2D eigenvalue weighted by Crippen LogP contribution is 2.49. The van der Waals surface area contributed by atoms with Crippen molar-refractivity contribution in [2.75, 3.05) is 19.6 Å². The van der Waals surface area contributed by atoms with E-state index in [0.29, 0.717) is 17.7 Å². The van der Waals surface area contributed by atoms with Crippen LogP contribution < -0.4 is 0 Å². The lowest BCUT2D eigenvalue weighted by Crippen LogP contribution is -2.62. The summed E-state index contributed by atoms with van der Waals surface area (Å²) >= 11 is 0. The summed E-state index contributed by atoms with van der Waals surface area (Å²) in [4.78, 5) is 17.5. The molecule has 0 N–H and O–H groups in total. The first-order valence-corrected chi connectivity index (χ1v) is 11.0. The molecule has 2 aliphatic heterocycles. The molecule has 3 atom stereocenters. The van der Waals surface area contributed by atoms with Gasteiger partial charge in [0.25, 0.3) is 0 Å². The Morgan fingerprint density at radius 1 is 1.17 bits per heavy atom. The first kappa shape index (κ1) is 18.6. The molecule has 1 aliphatic carbocycles. The van der Waals surface area contributed by atoms with Gasteiger partial charge in [0.1, 0.15) is 0 Å². The van der Waals surface area contributed by atoms with E-state index in [1.807, 2.05) is 6.92 Å². The minimum absolute atomic E-state index is 0.0575. The van der Waals surface area contributed by atoms with Gasteiger partial charge in [-0.25, -0.2) is 4.79 Å². The van der Waals surface area contributed by atoms with Gasteiger partial charge in [-0.05, 0) is 66.7 Å². The second-order valence-electron chi connectivity index (χ2n) is 9.25. The SMILES string of the molecule is Cc1nnc(-c2ccc3c(c2)[C@]2(C)CCN(C(=O)N4CCCCC4)[C@H](C3)[C@H]2C)o1. The van der Waals surface area contributed by atoms with Crippen LogP contribution in [-0.2, 0) is 11.8 Å². The molecule has 0 saturated carbocycles. The van der Waals surface area contributed by atoms with Crippen LogP contribution in [0.1, 0.15) is 56.5 Å². The highest BCUT2D eigenvalue weighted by Gasteiger charge is 2.50. The Kier molecular flexibility index (Phi) is 4.41. The fourth-order valence-corrected chi connectivity index (χ4v) is 5.67. The number of urea groups is 1. The van der Waals surface area contributed by atoms with E-state index in [9.17, 15) is 4.79 Å². The average molecular weight is 395 g/mol. The average Bonchev–Trinajstić information content (AvgIpc) is 3.17. The van der Waals surface area contributed by atoms with Crippen LogP contribution in [0.25, 0.3) is 11.5 Å². The Morgan fingerprint density at radius 3 is 2.69 bits per heavy atom. The summed E-state index contributed by atoms with van der Waals surface area (Å²) in [5.41, 5.74) is 3.79. The molecule has 6 nitrogen and oxygen atoms in total. The molecule has 0 unspecified atom stereocenters. The maximum Gasteiger partial charge on any atom is 0.320 e. The highest BCUT2D eigenvalue weighted by molar-refractivity contribution is 5.75. The highest BCUT2D eigenvalue weighted by atomic mass is 16.4. The molecular weight excluding hydrogens is 364 g/mol. The van der Waals surface area contributed by atoms with Gasteiger partial charge in [-0.2, -0.15) is 0 Å². The zero-order valence-electron chi connectivity index (χ0n) is 17.6. The second kappa shape index (κ2) is 6.85. The number of nitrogens with zero attached hydrogens (tertiary/aromatic N) is 4. The molecule has 2 fully saturated rings. The monoisotopic (exact) mass is 394 g/mol. The largest absolute Gasteiger partial charge is 0.421 e. The molecule has 1 aromatic heterocycles. The molecule has 6 heteroatoms. The summed E-state index contributed by atoms with van der Waals surface area (Å²) in [6.45, 7) is 9.18. The van der Waals surface area contributed by atoms with E-state index in [4.69, 9.17) is 4.42 Å². The number of fused-ring (bicyclic) bond motifs is 4. The second-order valence-corrected chi connectivity index (χ2v) is 9.25. The molecule has 2 saturated heterocycles. The van der Waals surface area contributed by atoms with Crippen molar-refractivity contribution < 1.29 is 9.21 Å². The normalized spacial score (nSPS) is 28.9. The van der Waals surface area contributed by atoms with Crippen LogP contribution in [0.4, 0.5) is 4.79 Å². The molecule has 1 aromatic carbocycles. The van der Waals surface area contributed by atoms with Crippen LogP contribution >= 0.6 is 0 Å². The lowest BCUT2D eigenvalue weighted by molar-refractivity contribution is 0.0386. The van der Waals surface area contributed by atoms with Crippen LogP contribution in [0, 0.1) is 12.8 Å². The van der Waals surface area contributed by atoms with Crippen molar-refractivity contribution in [1.82, 2.24) is 20.0 Å². The predicted octanol–water partition coefficient (Wildman–Crippen LogP) is 4.18. The van der Waals surface area contributed by atoms with Crippen LogP contribution in [0.3, 0.4) is 0 Å². The summed E-state index contributed by atoms with van der Waals surface area (Å²) in [7, 11) is 0. The van der Waals surface area contributed by atoms with Crippen molar-refractivity contribution in [3.8, 4) is 11.5 Å². The van der Waals surface area contributed by atoms with Gasteiger partial charge >= 0.3 is 6.03 Å². The van der Waals surface area contributed by atoms with Crippen molar-refractivity contribution >= 4 is 6.03 Å². The first-order chi connectivity index (χ1) is 14.0. The molecule has 5 rings (SSSR count). The number of likely N-dealkylation sites (tertiary alicyclic amines) is 2.